The summed E-state index contributed by atoms with van der Waals surface area (Å²) in [5, 5.41) is 16.9. The second kappa shape index (κ2) is 11.2. The van der Waals surface area contributed by atoms with Crippen molar-refractivity contribution < 1.29 is 13.2 Å². The van der Waals surface area contributed by atoms with Crippen molar-refractivity contribution in [1.82, 2.24) is 19.4 Å². The quantitative estimate of drug-likeness (QED) is 0.286. The van der Waals surface area contributed by atoms with Gasteiger partial charge in [0, 0.05) is 37.0 Å². The summed E-state index contributed by atoms with van der Waals surface area (Å²) < 4.78 is 29.7. The Morgan fingerprint density at radius 2 is 1.86 bits per heavy atom. The number of para-hydroxylation sites is 1. The second-order valence-electron chi connectivity index (χ2n) is 8.37. The molecule has 0 saturated carbocycles. The lowest BCUT2D eigenvalue weighted by molar-refractivity contribution is -0.116. The zero-order valence-corrected chi connectivity index (χ0v) is 20.6. The Morgan fingerprint density at radius 1 is 1.11 bits per heavy atom. The van der Waals surface area contributed by atoms with Gasteiger partial charge in [-0.15, -0.1) is 6.58 Å². The van der Waals surface area contributed by atoms with E-state index in [9.17, 15) is 18.5 Å². The average molecular weight is 502 g/mol. The first-order valence-corrected chi connectivity index (χ1v) is 13.1. The fourth-order valence-electron chi connectivity index (χ4n) is 4.05. The van der Waals surface area contributed by atoms with E-state index in [0.29, 0.717) is 29.9 Å². The number of piperidine rings is 1. The first kappa shape index (κ1) is 25.1. The third-order valence-electron chi connectivity index (χ3n) is 5.90. The molecule has 184 valence electrons. The number of carbonyl (C=O) groups excluding carboxylic acids is 1. The smallest absolute Gasteiger partial charge is 0.262 e. The number of nitrogens with one attached hydrogen (secondary N) is 1. The van der Waals surface area contributed by atoms with Gasteiger partial charge < -0.3 is 5.32 Å². The van der Waals surface area contributed by atoms with E-state index in [0.717, 1.165) is 24.9 Å². The van der Waals surface area contributed by atoms with Crippen molar-refractivity contribution >= 4 is 22.0 Å². The molecule has 0 aliphatic carbocycles. The van der Waals surface area contributed by atoms with Crippen LogP contribution in [0.1, 0.15) is 24.8 Å². The first-order valence-electron chi connectivity index (χ1n) is 11.7. The summed E-state index contributed by atoms with van der Waals surface area (Å²) in [6.45, 7) is 4.81. The molecule has 1 amide bonds. The SMILES string of the molecule is C=CCNC(=O)/C(C#N)=C\c1cn(-c2ccccc2)nc1-c1cccc(S(=O)(=O)N2CCCCC2)c1. The van der Waals surface area contributed by atoms with Crippen molar-refractivity contribution in [2.45, 2.75) is 24.2 Å². The van der Waals surface area contributed by atoms with Gasteiger partial charge in [-0.05, 0) is 43.2 Å². The number of hydrogen-bond acceptors (Lipinski definition) is 5. The maximum absolute atomic E-state index is 13.3. The van der Waals surface area contributed by atoms with Crippen LogP contribution in [0.4, 0.5) is 0 Å². The van der Waals surface area contributed by atoms with Gasteiger partial charge in [0.2, 0.25) is 10.0 Å². The number of hydrogen-bond donors (Lipinski definition) is 1. The number of nitrogens with zero attached hydrogens (tertiary/aromatic N) is 4. The number of carbonyl (C=O) groups is 1. The monoisotopic (exact) mass is 501 g/mol. The normalized spacial score (nSPS) is 14.7. The van der Waals surface area contributed by atoms with Gasteiger partial charge in [-0.1, -0.05) is 42.8 Å². The zero-order chi connectivity index (χ0) is 25.5. The number of nitriles is 1. The molecule has 9 heteroatoms. The molecule has 3 aromatic rings. The molecule has 2 heterocycles. The lowest BCUT2D eigenvalue weighted by Gasteiger charge is -2.26. The number of sulfonamides is 1. The minimum atomic E-state index is -3.64. The van der Waals surface area contributed by atoms with Gasteiger partial charge in [0.1, 0.15) is 17.3 Å². The third kappa shape index (κ3) is 5.46. The summed E-state index contributed by atoms with van der Waals surface area (Å²) in [5.74, 6) is -0.530. The standard InChI is InChI=1S/C27H27N5O3S/c1-2-14-29-27(33)22(19-28)17-23-20-32(24-11-5-3-6-12-24)30-26(23)21-10-9-13-25(18-21)36(34,35)31-15-7-4-8-16-31/h2-3,5-6,9-13,17-18,20H,1,4,7-8,14-16H2,(H,29,33)/b22-17-. The number of benzene rings is 2. The molecule has 0 bridgehead atoms. The van der Waals surface area contributed by atoms with E-state index in [-0.39, 0.29) is 17.0 Å². The third-order valence-corrected chi connectivity index (χ3v) is 7.79. The van der Waals surface area contributed by atoms with Gasteiger partial charge in [0.25, 0.3) is 5.91 Å². The summed E-state index contributed by atoms with van der Waals surface area (Å²) in [6, 6.07) is 18.0. The fraction of sp³-hybridized carbons (Fsp3) is 0.222. The molecule has 1 aliphatic rings. The van der Waals surface area contributed by atoms with E-state index >= 15 is 0 Å². The number of aromatic nitrogens is 2. The minimum Gasteiger partial charge on any atom is -0.348 e. The number of amides is 1. The van der Waals surface area contributed by atoms with Gasteiger partial charge in [-0.2, -0.15) is 14.7 Å². The molecule has 4 rings (SSSR count). The van der Waals surface area contributed by atoms with Crippen LogP contribution in [0.15, 0.2) is 83.9 Å². The maximum Gasteiger partial charge on any atom is 0.262 e. The highest BCUT2D eigenvalue weighted by atomic mass is 32.2. The van der Waals surface area contributed by atoms with Gasteiger partial charge in [0.05, 0.1) is 10.6 Å². The molecule has 8 nitrogen and oxygen atoms in total. The molecule has 1 aromatic heterocycles. The number of rotatable bonds is 8. The van der Waals surface area contributed by atoms with E-state index < -0.39 is 15.9 Å². The summed E-state index contributed by atoms with van der Waals surface area (Å²) in [6.07, 6.45) is 7.43. The zero-order valence-electron chi connectivity index (χ0n) is 19.8. The Balaban J connectivity index is 1.80. The predicted octanol–water partition coefficient (Wildman–Crippen LogP) is 3.92. The van der Waals surface area contributed by atoms with E-state index in [1.807, 2.05) is 36.4 Å². The lowest BCUT2D eigenvalue weighted by Crippen LogP contribution is -2.35. The Morgan fingerprint density at radius 3 is 2.56 bits per heavy atom. The summed E-state index contributed by atoms with van der Waals surface area (Å²) in [4.78, 5) is 12.7. The van der Waals surface area contributed by atoms with Crippen LogP contribution in [0.25, 0.3) is 23.0 Å². The maximum atomic E-state index is 13.3. The van der Waals surface area contributed by atoms with Gasteiger partial charge in [-0.3, -0.25) is 4.79 Å². The van der Waals surface area contributed by atoms with E-state index in [4.69, 9.17) is 5.10 Å². The molecule has 0 spiro atoms. The Labute approximate surface area is 211 Å². The highest BCUT2D eigenvalue weighted by Gasteiger charge is 2.26. The topological polar surface area (TPSA) is 108 Å². The molecule has 1 saturated heterocycles. The predicted molar refractivity (Wildman–Crippen MR) is 138 cm³/mol. The van der Waals surface area contributed by atoms with Crippen molar-refractivity contribution in [3.63, 3.8) is 0 Å². The summed E-state index contributed by atoms with van der Waals surface area (Å²) in [7, 11) is -3.64. The Kier molecular flexibility index (Phi) is 7.78. The Hall–Kier alpha value is -4.00. The highest BCUT2D eigenvalue weighted by Crippen LogP contribution is 2.29. The van der Waals surface area contributed by atoms with Crippen LogP contribution >= 0.6 is 0 Å². The Bertz CT molecular complexity index is 1430. The van der Waals surface area contributed by atoms with Crippen molar-refractivity contribution in [3.8, 4) is 23.0 Å². The molecule has 1 N–H and O–H groups in total. The average Bonchev–Trinajstić information content (AvgIpc) is 3.35. The van der Waals surface area contributed by atoms with Crippen LogP contribution in [0.2, 0.25) is 0 Å². The van der Waals surface area contributed by atoms with Crippen LogP contribution in [-0.2, 0) is 14.8 Å². The largest absolute Gasteiger partial charge is 0.348 e. The molecular weight excluding hydrogens is 474 g/mol. The molecule has 0 radical (unpaired) electrons. The molecular formula is C27H27N5O3S. The lowest BCUT2D eigenvalue weighted by atomic mass is 10.1. The van der Waals surface area contributed by atoms with Crippen LogP contribution in [-0.4, -0.2) is 48.0 Å². The summed E-state index contributed by atoms with van der Waals surface area (Å²) in [5.41, 5.74) is 2.22. The van der Waals surface area contributed by atoms with E-state index in [1.54, 1.807) is 35.1 Å². The second-order valence-corrected chi connectivity index (χ2v) is 10.3. The van der Waals surface area contributed by atoms with Gasteiger partial charge in [-0.25, -0.2) is 13.1 Å². The molecule has 1 aliphatic heterocycles. The van der Waals surface area contributed by atoms with Crippen molar-refractivity contribution in [1.29, 1.82) is 5.26 Å². The van der Waals surface area contributed by atoms with Crippen LogP contribution < -0.4 is 5.32 Å². The van der Waals surface area contributed by atoms with Crippen molar-refractivity contribution in [3.05, 3.63) is 84.6 Å². The van der Waals surface area contributed by atoms with Gasteiger partial charge in [0.15, 0.2) is 0 Å². The minimum absolute atomic E-state index is 0.0946. The van der Waals surface area contributed by atoms with Crippen molar-refractivity contribution in [2.24, 2.45) is 0 Å². The molecule has 1 fully saturated rings. The first-order chi connectivity index (χ1) is 17.4. The van der Waals surface area contributed by atoms with Crippen molar-refractivity contribution in [2.75, 3.05) is 19.6 Å². The molecule has 0 unspecified atom stereocenters. The highest BCUT2D eigenvalue weighted by molar-refractivity contribution is 7.89. The van der Waals surface area contributed by atoms with E-state index in [2.05, 4.69) is 11.9 Å². The van der Waals surface area contributed by atoms with Crippen LogP contribution in [0.3, 0.4) is 0 Å². The fourth-order valence-corrected chi connectivity index (χ4v) is 5.62. The van der Waals surface area contributed by atoms with Gasteiger partial charge >= 0.3 is 0 Å². The molecule has 36 heavy (non-hydrogen) atoms. The van der Waals surface area contributed by atoms with E-state index in [1.165, 1.54) is 16.5 Å². The molecule has 0 atom stereocenters. The van der Waals surface area contributed by atoms with Crippen LogP contribution in [0.5, 0.6) is 0 Å². The van der Waals surface area contributed by atoms with Crippen LogP contribution in [0, 0.1) is 11.3 Å². The molecule has 2 aromatic carbocycles. The summed E-state index contributed by atoms with van der Waals surface area (Å²) >= 11 is 0.